The molecule has 0 fully saturated rings. The molecular weight excluding hydrogens is 585 g/mol. The Morgan fingerprint density at radius 2 is 0.750 bits per heavy atom. The Labute approximate surface area is 279 Å². The molecule has 0 saturated heterocycles. The molecule has 0 saturated carbocycles. The lowest BCUT2D eigenvalue weighted by molar-refractivity contribution is 1.04. The summed E-state index contributed by atoms with van der Waals surface area (Å²) in [7, 11) is 0. The Morgan fingerprint density at radius 3 is 1.12 bits per heavy atom. The molecule has 0 spiro atoms. The van der Waals surface area contributed by atoms with Crippen molar-refractivity contribution in [3.8, 4) is 33.4 Å². The van der Waals surface area contributed by atoms with Gasteiger partial charge in [0, 0.05) is 44.3 Å². The van der Waals surface area contributed by atoms with Gasteiger partial charge in [-0.25, -0.2) is 9.97 Å². The maximum atomic E-state index is 5.37. The number of fused-ring (bicyclic) bond motifs is 8. The molecule has 9 rings (SSSR count). The Kier molecular flexibility index (Phi) is 6.90. The molecule has 3 aliphatic rings. The fourth-order valence-electron chi connectivity index (χ4n) is 7.03. The maximum Gasteiger partial charge on any atom is 0.0737 e. The van der Waals surface area contributed by atoms with E-state index >= 15 is 0 Å². The first kappa shape index (κ1) is 28.0. The number of aromatic amines is 2. The quantitative estimate of drug-likeness (QED) is 0.207. The van der Waals surface area contributed by atoms with Crippen molar-refractivity contribution in [3.63, 3.8) is 0 Å². The SMILES string of the molecule is C1=CC(c2c3nc(c(-c4ccccc4)c4ccc([nH]4)c(-c4ccccc4)c4nc(c(-c5ccccc5)c5ccc2[nH]5)C=C4)C=C3)=CCC1. The van der Waals surface area contributed by atoms with Crippen LogP contribution in [0.5, 0.6) is 0 Å². The van der Waals surface area contributed by atoms with E-state index in [0.717, 1.165) is 96.6 Å². The number of hydrogen-bond donors (Lipinski definition) is 2. The number of hydrogen-bond acceptors (Lipinski definition) is 2. The first-order valence-corrected chi connectivity index (χ1v) is 16.5. The zero-order valence-corrected chi connectivity index (χ0v) is 26.3. The summed E-state index contributed by atoms with van der Waals surface area (Å²) in [5.74, 6) is 0. The van der Waals surface area contributed by atoms with Gasteiger partial charge >= 0.3 is 0 Å². The van der Waals surface area contributed by atoms with E-state index in [-0.39, 0.29) is 0 Å². The summed E-state index contributed by atoms with van der Waals surface area (Å²) in [4.78, 5) is 18.4. The molecule has 4 heteroatoms. The van der Waals surface area contributed by atoms with Gasteiger partial charge < -0.3 is 9.97 Å². The first-order chi connectivity index (χ1) is 23.8. The van der Waals surface area contributed by atoms with Gasteiger partial charge in [0.05, 0.1) is 22.8 Å². The van der Waals surface area contributed by atoms with Crippen LogP contribution >= 0.6 is 0 Å². The van der Waals surface area contributed by atoms with Crippen molar-refractivity contribution < 1.29 is 0 Å². The summed E-state index contributed by atoms with van der Waals surface area (Å²) in [6, 6.07) is 40.3. The van der Waals surface area contributed by atoms with Crippen LogP contribution in [0.15, 0.2) is 133 Å². The van der Waals surface area contributed by atoms with E-state index in [2.05, 4.69) is 168 Å². The number of rotatable bonds is 4. The molecule has 1 aliphatic carbocycles. The highest BCUT2D eigenvalue weighted by atomic mass is 14.8. The zero-order chi connectivity index (χ0) is 31.9. The molecule has 2 aliphatic heterocycles. The van der Waals surface area contributed by atoms with E-state index in [1.165, 1.54) is 5.57 Å². The van der Waals surface area contributed by atoms with Crippen molar-refractivity contribution in [1.82, 2.24) is 19.9 Å². The summed E-state index contributed by atoms with van der Waals surface area (Å²) in [6.45, 7) is 0. The second-order valence-corrected chi connectivity index (χ2v) is 12.2. The topological polar surface area (TPSA) is 57.4 Å². The van der Waals surface area contributed by atoms with Gasteiger partial charge in [-0.3, -0.25) is 0 Å². The van der Waals surface area contributed by atoms with Crippen LogP contribution in [-0.2, 0) is 0 Å². The normalized spacial score (nSPS) is 13.5. The summed E-state index contributed by atoms with van der Waals surface area (Å²) in [6.07, 6.45) is 17.5. The maximum absolute atomic E-state index is 5.37. The van der Waals surface area contributed by atoms with Gasteiger partial charge in [-0.1, -0.05) is 109 Å². The molecule has 228 valence electrons. The number of nitrogens with one attached hydrogen (secondary N) is 2. The highest BCUT2D eigenvalue weighted by molar-refractivity contribution is 5.99. The summed E-state index contributed by atoms with van der Waals surface area (Å²) in [5.41, 5.74) is 16.5. The molecule has 5 heterocycles. The van der Waals surface area contributed by atoms with E-state index in [1.54, 1.807) is 0 Å². The molecule has 8 bridgehead atoms. The summed E-state index contributed by atoms with van der Waals surface area (Å²) < 4.78 is 0. The van der Waals surface area contributed by atoms with Crippen molar-refractivity contribution in [2.45, 2.75) is 12.8 Å². The van der Waals surface area contributed by atoms with E-state index in [0.29, 0.717) is 0 Å². The molecule has 0 amide bonds. The van der Waals surface area contributed by atoms with Gasteiger partial charge in [0.15, 0.2) is 0 Å². The van der Waals surface area contributed by atoms with Crippen molar-refractivity contribution in [3.05, 3.63) is 162 Å². The van der Waals surface area contributed by atoms with Crippen LogP contribution in [0.4, 0.5) is 0 Å². The van der Waals surface area contributed by atoms with Crippen LogP contribution in [0.1, 0.15) is 41.2 Å². The third-order valence-electron chi connectivity index (χ3n) is 9.22. The molecule has 0 atom stereocenters. The van der Waals surface area contributed by atoms with Crippen LogP contribution in [0.3, 0.4) is 0 Å². The second-order valence-electron chi connectivity index (χ2n) is 12.2. The molecule has 3 aromatic carbocycles. The van der Waals surface area contributed by atoms with Gasteiger partial charge in [-0.2, -0.15) is 0 Å². The van der Waals surface area contributed by atoms with E-state index in [9.17, 15) is 0 Å². The van der Waals surface area contributed by atoms with Gasteiger partial charge in [-0.05, 0) is 83.7 Å². The minimum absolute atomic E-state index is 0.914. The molecule has 0 unspecified atom stereocenters. The lowest BCUT2D eigenvalue weighted by atomic mass is 9.98. The predicted molar refractivity (Wildman–Crippen MR) is 202 cm³/mol. The van der Waals surface area contributed by atoms with Crippen molar-refractivity contribution in [2.24, 2.45) is 0 Å². The fraction of sp³-hybridized carbons (Fsp3) is 0.0455. The second kappa shape index (κ2) is 11.8. The van der Waals surface area contributed by atoms with Crippen LogP contribution in [0, 0.1) is 0 Å². The Hall–Kier alpha value is -6.26. The van der Waals surface area contributed by atoms with E-state index < -0.39 is 0 Å². The van der Waals surface area contributed by atoms with E-state index in [4.69, 9.17) is 9.97 Å². The number of allylic oxidation sites excluding steroid dienone is 4. The first-order valence-electron chi connectivity index (χ1n) is 16.5. The van der Waals surface area contributed by atoms with Crippen LogP contribution in [0.25, 0.3) is 85.3 Å². The lowest BCUT2D eigenvalue weighted by Crippen LogP contribution is -1.92. The molecule has 2 N–H and O–H groups in total. The van der Waals surface area contributed by atoms with Gasteiger partial charge in [-0.15, -0.1) is 0 Å². The number of benzene rings is 3. The van der Waals surface area contributed by atoms with Crippen molar-refractivity contribution in [2.75, 3.05) is 0 Å². The minimum atomic E-state index is 0.914. The number of H-pyrrole nitrogens is 2. The zero-order valence-electron chi connectivity index (χ0n) is 26.3. The molecule has 48 heavy (non-hydrogen) atoms. The van der Waals surface area contributed by atoms with Crippen LogP contribution in [-0.4, -0.2) is 19.9 Å². The number of aromatic nitrogens is 4. The Morgan fingerprint density at radius 1 is 0.375 bits per heavy atom. The Balaban J connectivity index is 1.48. The summed E-state index contributed by atoms with van der Waals surface area (Å²) >= 11 is 0. The highest BCUT2D eigenvalue weighted by Gasteiger charge is 2.19. The van der Waals surface area contributed by atoms with Crippen molar-refractivity contribution in [1.29, 1.82) is 0 Å². The van der Waals surface area contributed by atoms with Gasteiger partial charge in [0.25, 0.3) is 0 Å². The fourth-order valence-corrected chi connectivity index (χ4v) is 7.03. The average molecular weight is 617 g/mol. The summed E-state index contributed by atoms with van der Waals surface area (Å²) in [5, 5.41) is 0. The number of nitrogens with zero attached hydrogens (tertiary/aromatic N) is 2. The highest BCUT2D eigenvalue weighted by Crippen LogP contribution is 2.38. The Bertz CT molecular complexity index is 2440. The van der Waals surface area contributed by atoms with Crippen LogP contribution in [0.2, 0.25) is 0 Å². The van der Waals surface area contributed by atoms with Gasteiger partial charge in [0.1, 0.15) is 0 Å². The molecular formula is C44H32N4. The van der Waals surface area contributed by atoms with Crippen LogP contribution < -0.4 is 0 Å². The van der Waals surface area contributed by atoms with Crippen molar-refractivity contribution >= 4 is 51.9 Å². The third-order valence-corrected chi connectivity index (χ3v) is 9.22. The molecule has 4 nitrogen and oxygen atoms in total. The average Bonchev–Trinajstić information content (AvgIpc) is 3.98. The smallest absolute Gasteiger partial charge is 0.0737 e. The standard InChI is InChI=1S/C44H32N4/c1-5-13-29(14-6-1)41-33-21-23-35(45-33)42(30-15-7-2-8-16-30)37-25-27-39(47-37)44(32-19-11-4-12-20-32)40-28-26-38(48-40)43(31-17-9-3-10-18-31)36-24-22-34(41)46-36/h1-3,5-11,13-28,45,48H,4,12H2. The molecule has 0 radical (unpaired) electrons. The minimum Gasteiger partial charge on any atom is -0.354 e. The molecule has 6 aromatic rings. The monoisotopic (exact) mass is 616 g/mol. The third kappa shape index (κ3) is 4.95. The lowest BCUT2D eigenvalue weighted by Gasteiger charge is -2.09. The van der Waals surface area contributed by atoms with Gasteiger partial charge in [0.2, 0.25) is 0 Å². The predicted octanol–water partition coefficient (Wildman–Crippen LogP) is 11.4. The largest absolute Gasteiger partial charge is 0.354 e. The molecule has 3 aromatic heterocycles. The van der Waals surface area contributed by atoms with E-state index in [1.807, 2.05) is 0 Å².